The summed E-state index contributed by atoms with van der Waals surface area (Å²) in [5, 5.41) is 0. The summed E-state index contributed by atoms with van der Waals surface area (Å²) in [6.45, 7) is 2.15. The number of hydrogen-bond acceptors (Lipinski definition) is 2. The van der Waals surface area contributed by atoms with E-state index >= 15 is 0 Å². The van der Waals surface area contributed by atoms with Gasteiger partial charge in [0.05, 0.1) is 0 Å². The molecule has 4 aromatic rings. The van der Waals surface area contributed by atoms with Crippen LogP contribution >= 0.6 is 0 Å². The fourth-order valence-corrected chi connectivity index (χ4v) is 3.62. The van der Waals surface area contributed by atoms with Crippen LogP contribution in [0, 0.1) is 0 Å². The Morgan fingerprint density at radius 2 is 0.710 bits per heavy atom. The molecule has 0 saturated heterocycles. The molecule has 160 valence electrons. The molecule has 0 bridgehead atoms. The molecule has 0 fully saturated rings. The summed E-state index contributed by atoms with van der Waals surface area (Å²) in [5.41, 5.74) is 5.10. The first kappa shape index (κ1) is 23.9. The molecule has 0 aliphatic carbocycles. The fraction of sp³-hybridized carbons (Fsp3) is 0.185. The molecule has 2 heterocycles. The van der Waals surface area contributed by atoms with Crippen LogP contribution in [0.3, 0.4) is 0 Å². The molecular weight excluding hydrogens is 384 g/mol. The van der Waals surface area contributed by atoms with Crippen molar-refractivity contribution in [3.8, 4) is 22.3 Å². The zero-order valence-corrected chi connectivity index (χ0v) is 17.7. The molecule has 0 aliphatic heterocycles. The van der Waals surface area contributed by atoms with Gasteiger partial charge in [-0.3, -0.25) is 0 Å². The molecular formula is C27H30N2O2. The largest absolute Gasteiger partial charge is 0.870 e. The Kier molecular flexibility index (Phi) is 9.56. The Bertz CT molecular complexity index is 918. The van der Waals surface area contributed by atoms with E-state index in [1.165, 1.54) is 41.5 Å². The van der Waals surface area contributed by atoms with E-state index in [9.17, 15) is 0 Å². The molecule has 4 nitrogen and oxygen atoms in total. The van der Waals surface area contributed by atoms with Crippen LogP contribution in [0.5, 0.6) is 0 Å². The quantitative estimate of drug-likeness (QED) is 0.297. The van der Waals surface area contributed by atoms with Crippen molar-refractivity contribution in [1.29, 1.82) is 0 Å². The molecule has 31 heavy (non-hydrogen) atoms. The highest BCUT2D eigenvalue weighted by Gasteiger charge is 2.05. The van der Waals surface area contributed by atoms with Crippen LogP contribution < -0.4 is 9.13 Å². The van der Waals surface area contributed by atoms with E-state index < -0.39 is 0 Å². The minimum Gasteiger partial charge on any atom is -0.870 e. The molecule has 0 saturated carbocycles. The normalized spacial score (nSPS) is 10.1. The maximum atomic E-state index is 2.29. The van der Waals surface area contributed by atoms with Gasteiger partial charge in [0.25, 0.3) is 0 Å². The maximum absolute atomic E-state index is 2.29. The number of aryl methyl sites for hydroxylation is 2. The molecule has 4 rings (SSSR count). The summed E-state index contributed by atoms with van der Waals surface area (Å²) in [4.78, 5) is 0. The van der Waals surface area contributed by atoms with Crippen molar-refractivity contribution in [3.63, 3.8) is 0 Å². The average Bonchev–Trinajstić information content (AvgIpc) is 2.81. The predicted molar refractivity (Wildman–Crippen MR) is 122 cm³/mol. The van der Waals surface area contributed by atoms with Crippen LogP contribution in [-0.2, 0) is 13.1 Å². The second kappa shape index (κ2) is 12.4. The van der Waals surface area contributed by atoms with Gasteiger partial charge in [0.15, 0.2) is 24.8 Å². The number of hydrogen-bond donors (Lipinski definition) is 0. The van der Waals surface area contributed by atoms with Crippen molar-refractivity contribution < 1.29 is 20.1 Å². The summed E-state index contributed by atoms with van der Waals surface area (Å²) in [7, 11) is 0. The van der Waals surface area contributed by atoms with Gasteiger partial charge in [0, 0.05) is 37.1 Å². The molecule has 0 atom stereocenters. The van der Waals surface area contributed by atoms with Crippen molar-refractivity contribution in [3.05, 3.63) is 110 Å². The lowest BCUT2D eigenvalue weighted by molar-refractivity contribution is -0.701. The first-order valence-corrected chi connectivity index (χ1v) is 10.5. The molecule has 0 spiro atoms. The molecule has 0 amide bonds. The van der Waals surface area contributed by atoms with E-state index in [1.54, 1.807) is 0 Å². The Labute approximate surface area is 184 Å². The van der Waals surface area contributed by atoms with Gasteiger partial charge in [-0.05, 0) is 28.7 Å². The van der Waals surface area contributed by atoms with Crippen molar-refractivity contribution >= 4 is 0 Å². The summed E-state index contributed by atoms with van der Waals surface area (Å²) in [6.07, 6.45) is 12.4. The summed E-state index contributed by atoms with van der Waals surface area (Å²) < 4.78 is 4.57. The fourth-order valence-electron chi connectivity index (χ4n) is 3.62. The highest BCUT2D eigenvalue weighted by molar-refractivity contribution is 5.62. The zero-order chi connectivity index (χ0) is 19.7. The highest BCUT2D eigenvalue weighted by Crippen LogP contribution is 2.17. The Balaban J connectivity index is 0.00000171. The maximum Gasteiger partial charge on any atom is 0.169 e. The van der Waals surface area contributed by atoms with Crippen LogP contribution in [0.1, 0.15) is 19.3 Å². The van der Waals surface area contributed by atoms with Gasteiger partial charge in [-0.1, -0.05) is 60.7 Å². The van der Waals surface area contributed by atoms with Gasteiger partial charge in [-0.15, -0.1) is 0 Å². The van der Waals surface area contributed by atoms with Crippen LogP contribution in [0.15, 0.2) is 110 Å². The van der Waals surface area contributed by atoms with Gasteiger partial charge >= 0.3 is 0 Å². The lowest BCUT2D eigenvalue weighted by atomic mass is 10.1. The number of rotatable bonds is 8. The van der Waals surface area contributed by atoms with Crippen molar-refractivity contribution in [2.75, 3.05) is 0 Å². The first-order valence-electron chi connectivity index (χ1n) is 10.5. The van der Waals surface area contributed by atoms with E-state index in [2.05, 4.69) is 119 Å². The van der Waals surface area contributed by atoms with Gasteiger partial charge in [-0.25, -0.2) is 9.13 Å². The second-order valence-corrected chi connectivity index (χ2v) is 7.44. The SMILES string of the molecule is [OH-].[OH-].c1ccc(-c2cc[n+](CCCCC[n+]3ccc(-c4ccccc4)cc3)cc2)cc1. The number of pyridine rings is 2. The molecule has 4 heteroatoms. The summed E-state index contributed by atoms with van der Waals surface area (Å²) >= 11 is 0. The molecule has 2 N–H and O–H groups in total. The molecule has 0 aliphatic rings. The van der Waals surface area contributed by atoms with E-state index in [1.807, 2.05) is 0 Å². The Morgan fingerprint density at radius 3 is 1.06 bits per heavy atom. The minimum absolute atomic E-state index is 0. The Hall–Kier alpha value is -3.34. The van der Waals surface area contributed by atoms with Gasteiger partial charge in [0.2, 0.25) is 0 Å². The standard InChI is InChI=1S/C27H28N2.2H2O/c1-4-10-24(11-5-1)26-14-20-28(21-15-26)18-8-3-9-19-29-22-16-27(17-23-29)25-12-6-2-7-13-25;;/h1-2,4-7,10-17,20-23H,3,8-9,18-19H2;2*1H2/q+2;;/p-2. The van der Waals surface area contributed by atoms with Crippen LogP contribution in [0.25, 0.3) is 22.3 Å². The van der Waals surface area contributed by atoms with Gasteiger partial charge < -0.3 is 11.0 Å². The summed E-state index contributed by atoms with van der Waals surface area (Å²) in [6, 6.07) is 29.9. The van der Waals surface area contributed by atoms with Crippen LogP contribution in [-0.4, -0.2) is 11.0 Å². The van der Waals surface area contributed by atoms with Crippen LogP contribution in [0.4, 0.5) is 0 Å². The smallest absolute Gasteiger partial charge is 0.169 e. The lowest BCUT2D eigenvalue weighted by Crippen LogP contribution is -2.34. The molecule has 2 aromatic carbocycles. The molecule has 2 aromatic heterocycles. The van der Waals surface area contributed by atoms with E-state index in [-0.39, 0.29) is 11.0 Å². The van der Waals surface area contributed by atoms with Crippen molar-refractivity contribution in [2.45, 2.75) is 32.4 Å². The summed E-state index contributed by atoms with van der Waals surface area (Å²) in [5.74, 6) is 0. The predicted octanol–water partition coefficient (Wildman–Crippen LogP) is 5.11. The topological polar surface area (TPSA) is 67.8 Å². The van der Waals surface area contributed by atoms with E-state index in [0.29, 0.717) is 0 Å². The second-order valence-electron chi connectivity index (χ2n) is 7.44. The van der Waals surface area contributed by atoms with Gasteiger partial charge in [0.1, 0.15) is 13.1 Å². The average molecular weight is 415 g/mol. The molecule has 0 radical (unpaired) electrons. The highest BCUT2D eigenvalue weighted by atomic mass is 16.0. The minimum atomic E-state index is 0. The third-order valence-corrected chi connectivity index (χ3v) is 5.33. The van der Waals surface area contributed by atoms with E-state index in [0.717, 1.165) is 13.1 Å². The van der Waals surface area contributed by atoms with E-state index in [4.69, 9.17) is 0 Å². The first-order chi connectivity index (χ1) is 14.4. The molecule has 0 unspecified atom stereocenters. The number of unbranched alkanes of at least 4 members (excludes halogenated alkanes) is 2. The monoisotopic (exact) mass is 414 g/mol. The van der Waals surface area contributed by atoms with Crippen LogP contribution in [0.2, 0.25) is 0 Å². The lowest BCUT2D eigenvalue weighted by Gasteiger charge is -2.02. The Morgan fingerprint density at radius 1 is 0.387 bits per heavy atom. The van der Waals surface area contributed by atoms with Gasteiger partial charge in [-0.2, -0.15) is 0 Å². The number of benzene rings is 2. The third kappa shape index (κ3) is 6.85. The number of aromatic nitrogens is 2. The zero-order valence-electron chi connectivity index (χ0n) is 17.7. The number of nitrogens with zero attached hydrogens (tertiary/aromatic N) is 2. The van der Waals surface area contributed by atoms with Crippen molar-refractivity contribution in [1.82, 2.24) is 0 Å². The van der Waals surface area contributed by atoms with Crippen molar-refractivity contribution in [2.24, 2.45) is 0 Å². The third-order valence-electron chi connectivity index (χ3n) is 5.33.